The summed E-state index contributed by atoms with van der Waals surface area (Å²) >= 11 is 0. The van der Waals surface area contributed by atoms with E-state index in [4.69, 9.17) is 5.73 Å². The predicted molar refractivity (Wildman–Crippen MR) is 149 cm³/mol. The number of rotatable bonds is 27. The van der Waals surface area contributed by atoms with Gasteiger partial charge in [0.15, 0.2) is 5.60 Å². The first-order chi connectivity index (χ1) is 17.7. The number of primary amides is 1. The largest absolute Gasteiger partial charge is 0.481 e. The predicted octanol–water partition coefficient (Wildman–Crippen LogP) is 7.37. The van der Waals surface area contributed by atoms with Crippen LogP contribution in [0.3, 0.4) is 0 Å². The third kappa shape index (κ3) is 14.2. The van der Waals surface area contributed by atoms with Gasteiger partial charge < -0.3 is 21.1 Å². The number of aliphatic carboxylic acids is 2. The third-order valence-corrected chi connectivity index (χ3v) is 7.94. The van der Waals surface area contributed by atoms with E-state index in [1.165, 1.54) is 64.2 Å². The number of carboxylic acid groups (broad SMARTS) is 2. The van der Waals surface area contributed by atoms with Crippen LogP contribution in [0.15, 0.2) is 0 Å². The first-order valence-electron chi connectivity index (χ1n) is 15.2. The lowest BCUT2D eigenvalue weighted by molar-refractivity contribution is -0.188. The highest BCUT2D eigenvalue weighted by molar-refractivity contribution is 5.94. The van der Waals surface area contributed by atoms with Crippen molar-refractivity contribution in [3.63, 3.8) is 0 Å². The summed E-state index contributed by atoms with van der Waals surface area (Å²) in [7, 11) is 0. The lowest BCUT2D eigenvalue weighted by Crippen LogP contribution is -2.61. The van der Waals surface area contributed by atoms with Gasteiger partial charge in [-0.2, -0.15) is 0 Å². The number of nitrogens with two attached hydrogens (primary N) is 1. The Labute approximate surface area is 226 Å². The summed E-state index contributed by atoms with van der Waals surface area (Å²) < 4.78 is 0. The molecule has 5 N–H and O–H groups in total. The molecule has 0 spiro atoms. The SMILES string of the molecule is CCCCCCCCCCCCC(CCCCCCCCCCCC)(C(N)=O)C(O)(CC(=O)O)C(=O)O. The topological polar surface area (TPSA) is 138 Å². The van der Waals surface area contributed by atoms with Crippen LogP contribution >= 0.6 is 0 Å². The molecule has 0 rings (SSSR count). The molecule has 0 radical (unpaired) electrons. The maximum absolute atomic E-state index is 12.7. The van der Waals surface area contributed by atoms with E-state index in [9.17, 15) is 29.7 Å². The van der Waals surface area contributed by atoms with Crippen LogP contribution in [0.5, 0.6) is 0 Å². The summed E-state index contributed by atoms with van der Waals surface area (Å²) in [4.78, 5) is 36.4. The Hall–Kier alpha value is -1.63. The lowest BCUT2D eigenvalue weighted by Gasteiger charge is -2.42. The first-order valence-corrected chi connectivity index (χ1v) is 15.2. The fourth-order valence-corrected chi connectivity index (χ4v) is 5.49. The Bertz CT molecular complexity index is 599. The van der Waals surface area contributed by atoms with E-state index in [2.05, 4.69) is 13.8 Å². The lowest BCUT2D eigenvalue weighted by atomic mass is 9.63. The van der Waals surface area contributed by atoms with Gasteiger partial charge in [-0.05, 0) is 12.8 Å². The highest BCUT2D eigenvalue weighted by atomic mass is 16.4. The molecule has 0 aromatic rings. The molecule has 37 heavy (non-hydrogen) atoms. The van der Waals surface area contributed by atoms with Crippen molar-refractivity contribution in [3.8, 4) is 0 Å². The van der Waals surface area contributed by atoms with Crippen LogP contribution in [0, 0.1) is 5.41 Å². The fraction of sp³-hybridized carbons (Fsp3) is 0.900. The second-order valence-electron chi connectivity index (χ2n) is 11.0. The van der Waals surface area contributed by atoms with Crippen molar-refractivity contribution in [2.24, 2.45) is 11.1 Å². The average Bonchev–Trinajstić information content (AvgIpc) is 2.84. The third-order valence-electron chi connectivity index (χ3n) is 7.94. The maximum Gasteiger partial charge on any atom is 0.337 e. The minimum Gasteiger partial charge on any atom is -0.481 e. The van der Waals surface area contributed by atoms with Gasteiger partial charge in [0.05, 0.1) is 11.8 Å². The Kier molecular flexibility index (Phi) is 20.4. The maximum atomic E-state index is 12.7. The summed E-state index contributed by atoms with van der Waals surface area (Å²) in [5.74, 6) is -4.06. The van der Waals surface area contributed by atoms with Crippen LogP contribution in [0.25, 0.3) is 0 Å². The van der Waals surface area contributed by atoms with Crippen LogP contribution < -0.4 is 5.73 Å². The molecule has 1 amide bonds. The standard InChI is InChI=1S/C30H57NO6/c1-3-5-7-9-11-13-15-17-19-21-23-29(27(31)34,30(37,28(35)36)25-26(32)33)24-22-20-18-16-14-12-10-8-6-4-2/h37H,3-25H2,1-2H3,(H2,31,34)(H,32,33)(H,35,36). The number of carboxylic acids is 2. The van der Waals surface area contributed by atoms with Gasteiger partial charge in [0.1, 0.15) is 0 Å². The van der Waals surface area contributed by atoms with Crippen LogP contribution in [0.4, 0.5) is 0 Å². The Morgan fingerprint density at radius 3 is 1.11 bits per heavy atom. The van der Waals surface area contributed by atoms with E-state index in [0.717, 1.165) is 51.4 Å². The first kappa shape index (κ1) is 35.4. The van der Waals surface area contributed by atoms with Crippen LogP contribution in [0.2, 0.25) is 0 Å². The van der Waals surface area contributed by atoms with E-state index in [1.807, 2.05) is 0 Å². The summed E-state index contributed by atoms with van der Waals surface area (Å²) in [5.41, 5.74) is 1.24. The zero-order valence-corrected chi connectivity index (χ0v) is 23.9. The van der Waals surface area contributed by atoms with Crippen LogP contribution in [-0.4, -0.2) is 38.8 Å². The van der Waals surface area contributed by atoms with Gasteiger partial charge in [0.25, 0.3) is 0 Å². The number of carbonyl (C=O) groups excluding carboxylic acids is 1. The number of aliphatic hydroxyl groups is 1. The molecule has 0 aromatic carbocycles. The van der Waals surface area contributed by atoms with E-state index in [-0.39, 0.29) is 12.8 Å². The molecule has 0 bridgehead atoms. The Balaban J connectivity index is 4.95. The molecule has 0 aliphatic heterocycles. The summed E-state index contributed by atoms with van der Waals surface area (Å²) in [6.45, 7) is 4.40. The van der Waals surface area contributed by atoms with Crippen molar-refractivity contribution >= 4 is 17.8 Å². The van der Waals surface area contributed by atoms with Crippen LogP contribution in [-0.2, 0) is 14.4 Å². The highest BCUT2D eigenvalue weighted by Crippen LogP contribution is 2.44. The normalized spacial score (nSPS) is 13.4. The monoisotopic (exact) mass is 527 g/mol. The minimum absolute atomic E-state index is 0.0896. The summed E-state index contributed by atoms with van der Waals surface area (Å²) in [6, 6.07) is 0. The Morgan fingerprint density at radius 2 is 0.865 bits per heavy atom. The van der Waals surface area contributed by atoms with Gasteiger partial charge >= 0.3 is 11.9 Å². The highest BCUT2D eigenvalue weighted by Gasteiger charge is 2.59. The molecule has 7 heteroatoms. The van der Waals surface area contributed by atoms with Crippen molar-refractivity contribution in [2.45, 2.75) is 167 Å². The number of carbonyl (C=O) groups is 3. The van der Waals surface area contributed by atoms with Gasteiger partial charge in [-0.25, -0.2) is 4.79 Å². The van der Waals surface area contributed by atoms with Crippen molar-refractivity contribution in [3.05, 3.63) is 0 Å². The number of unbranched alkanes of at least 4 members (excludes halogenated alkanes) is 18. The van der Waals surface area contributed by atoms with Gasteiger partial charge in [0.2, 0.25) is 5.91 Å². The molecule has 0 saturated heterocycles. The average molecular weight is 528 g/mol. The molecule has 7 nitrogen and oxygen atoms in total. The second-order valence-corrected chi connectivity index (χ2v) is 11.0. The van der Waals surface area contributed by atoms with E-state index < -0.39 is 35.3 Å². The van der Waals surface area contributed by atoms with Gasteiger partial charge in [-0.1, -0.05) is 142 Å². The second kappa shape index (κ2) is 21.3. The molecule has 0 heterocycles. The van der Waals surface area contributed by atoms with Crippen molar-refractivity contribution in [1.82, 2.24) is 0 Å². The molecule has 1 atom stereocenters. The van der Waals surface area contributed by atoms with Gasteiger partial charge in [0, 0.05) is 0 Å². The number of hydrogen-bond acceptors (Lipinski definition) is 4. The molecule has 1 unspecified atom stereocenters. The fourth-order valence-electron chi connectivity index (χ4n) is 5.49. The summed E-state index contributed by atoms with van der Waals surface area (Å²) in [5, 5.41) is 30.4. The molecule has 0 aromatic heterocycles. The van der Waals surface area contributed by atoms with Crippen molar-refractivity contribution in [2.75, 3.05) is 0 Å². The minimum atomic E-state index is -2.72. The summed E-state index contributed by atoms with van der Waals surface area (Å²) in [6.07, 6.45) is 20.6. The van der Waals surface area contributed by atoms with E-state index >= 15 is 0 Å². The molecule has 0 aliphatic carbocycles. The van der Waals surface area contributed by atoms with Crippen LogP contribution in [0.1, 0.15) is 162 Å². The molecular formula is C30H57NO6. The molecule has 0 fully saturated rings. The number of hydrogen-bond donors (Lipinski definition) is 4. The van der Waals surface area contributed by atoms with Crippen molar-refractivity contribution < 1.29 is 29.7 Å². The Morgan fingerprint density at radius 1 is 0.568 bits per heavy atom. The zero-order chi connectivity index (χ0) is 28.0. The van der Waals surface area contributed by atoms with E-state index in [1.54, 1.807) is 0 Å². The van der Waals surface area contributed by atoms with Gasteiger partial charge in [-0.3, -0.25) is 9.59 Å². The van der Waals surface area contributed by atoms with E-state index in [0.29, 0.717) is 12.8 Å². The molecule has 0 saturated carbocycles. The zero-order valence-electron chi connectivity index (χ0n) is 23.9. The molecule has 0 aliphatic rings. The quantitative estimate of drug-likeness (QED) is 0.0823. The molecule has 218 valence electrons. The number of amides is 1. The smallest absolute Gasteiger partial charge is 0.337 e. The van der Waals surface area contributed by atoms with Crippen molar-refractivity contribution in [1.29, 1.82) is 0 Å². The van der Waals surface area contributed by atoms with Gasteiger partial charge in [-0.15, -0.1) is 0 Å². The molecular weight excluding hydrogens is 470 g/mol.